The summed E-state index contributed by atoms with van der Waals surface area (Å²) in [5.41, 5.74) is 5.80. The van der Waals surface area contributed by atoms with Gasteiger partial charge in [-0.25, -0.2) is 4.98 Å². The lowest BCUT2D eigenvalue weighted by molar-refractivity contribution is 0.538. The van der Waals surface area contributed by atoms with Gasteiger partial charge >= 0.3 is 0 Å². The fourth-order valence-corrected chi connectivity index (χ4v) is 3.29. The normalized spacial score (nSPS) is 11.3. The molecule has 0 atom stereocenters. The molecule has 4 rings (SSSR count). The Morgan fingerprint density at radius 2 is 1.76 bits per heavy atom. The van der Waals surface area contributed by atoms with Gasteiger partial charge in [0.1, 0.15) is 11.5 Å². The summed E-state index contributed by atoms with van der Waals surface area (Å²) in [7, 11) is 0. The van der Waals surface area contributed by atoms with Crippen LogP contribution >= 0.6 is 0 Å². The Morgan fingerprint density at radius 1 is 1.00 bits per heavy atom. The summed E-state index contributed by atoms with van der Waals surface area (Å²) >= 11 is 0. The maximum absolute atomic E-state index is 5.95. The Labute approximate surface area is 147 Å². The van der Waals surface area contributed by atoms with Gasteiger partial charge in [0.05, 0.1) is 6.54 Å². The average Bonchev–Trinajstić information content (AvgIpc) is 3.16. The molecule has 25 heavy (non-hydrogen) atoms. The molecule has 0 N–H and O–H groups in total. The minimum atomic E-state index is 0.698. The van der Waals surface area contributed by atoms with E-state index in [1.54, 1.807) is 0 Å². The van der Waals surface area contributed by atoms with Crippen molar-refractivity contribution in [2.45, 2.75) is 33.7 Å². The largest absolute Gasteiger partial charge is 0.441 e. The van der Waals surface area contributed by atoms with Crippen LogP contribution in [-0.4, -0.2) is 9.55 Å². The van der Waals surface area contributed by atoms with Crippen LogP contribution in [0.3, 0.4) is 0 Å². The van der Waals surface area contributed by atoms with Crippen LogP contribution < -0.4 is 0 Å². The third-order valence-corrected chi connectivity index (χ3v) is 4.83. The number of nitrogens with zero attached hydrogens (tertiary/aromatic N) is 2. The molecule has 0 unspecified atom stereocenters. The first-order valence-electron chi connectivity index (χ1n) is 8.76. The van der Waals surface area contributed by atoms with Crippen molar-refractivity contribution in [1.82, 2.24) is 9.55 Å². The highest BCUT2D eigenvalue weighted by atomic mass is 16.4. The van der Waals surface area contributed by atoms with Crippen LogP contribution in [0.4, 0.5) is 0 Å². The lowest BCUT2D eigenvalue weighted by Gasteiger charge is -2.06. The van der Waals surface area contributed by atoms with E-state index < -0.39 is 0 Å². The van der Waals surface area contributed by atoms with E-state index in [-0.39, 0.29) is 0 Å². The molecule has 2 aromatic heterocycles. The molecule has 0 bridgehead atoms. The molecule has 0 aliphatic rings. The summed E-state index contributed by atoms with van der Waals surface area (Å²) in [6.07, 6.45) is 1.04. The molecular weight excluding hydrogens is 308 g/mol. The van der Waals surface area contributed by atoms with Crippen LogP contribution in [0.1, 0.15) is 29.6 Å². The number of hydrogen-bond donors (Lipinski definition) is 0. The van der Waals surface area contributed by atoms with Crippen molar-refractivity contribution in [3.63, 3.8) is 0 Å². The van der Waals surface area contributed by atoms with E-state index in [2.05, 4.69) is 73.0 Å². The zero-order chi connectivity index (χ0) is 17.4. The van der Waals surface area contributed by atoms with Crippen molar-refractivity contribution in [2.75, 3.05) is 0 Å². The van der Waals surface area contributed by atoms with Crippen molar-refractivity contribution in [1.29, 1.82) is 0 Å². The van der Waals surface area contributed by atoms with Gasteiger partial charge in [-0.2, -0.15) is 0 Å². The Morgan fingerprint density at radius 3 is 2.52 bits per heavy atom. The van der Waals surface area contributed by atoms with E-state index in [1.807, 2.05) is 6.92 Å². The van der Waals surface area contributed by atoms with Crippen LogP contribution in [0.2, 0.25) is 0 Å². The van der Waals surface area contributed by atoms with Crippen molar-refractivity contribution >= 4 is 10.9 Å². The minimum Gasteiger partial charge on any atom is -0.441 e. The summed E-state index contributed by atoms with van der Waals surface area (Å²) in [5, 5.41) is 1.26. The molecule has 3 nitrogen and oxygen atoms in total. The molecule has 0 saturated carbocycles. The summed E-state index contributed by atoms with van der Waals surface area (Å²) in [6.45, 7) is 7.01. The fraction of sp³-hybridized carbons (Fsp3) is 0.227. The van der Waals surface area contributed by atoms with Crippen LogP contribution in [-0.2, 0) is 13.0 Å². The van der Waals surface area contributed by atoms with Crippen LogP contribution in [0.5, 0.6) is 0 Å². The zero-order valence-electron chi connectivity index (χ0n) is 14.9. The highest BCUT2D eigenvalue weighted by Gasteiger charge is 2.14. The van der Waals surface area contributed by atoms with Crippen molar-refractivity contribution in [3.8, 4) is 11.5 Å². The molecular formula is C22H22N2O. The predicted molar refractivity (Wildman–Crippen MR) is 102 cm³/mol. The van der Waals surface area contributed by atoms with Gasteiger partial charge in [-0.15, -0.1) is 0 Å². The first kappa shape index (κ1) is 15.7. The molecule has 2 heterocycles. The fourth-order valence-electron chi connectivity index (χ4n) is 3.29. The predicted octanol–water partition coefficient (Wildman–Crippen LogP) is 5.52. The van der Waals surface area contributed by atoms with Crippen molar-refractivity contribution < 1.29 is 4.42 Å². The maximum Gasteiger partial charge on any atom is 0.226 e. The SMILES string of the molecule is CCc1ccc(-c2nc(Cn3c(C)cc4ccccc43)c(C)o2)cc1. The van der Waals surface area contributed by atoms with E-state index in [4.69, 9.17) is 9.40 Å². The second kappa shape index (κ2) is 6.25. The Kier molecular flexibility index (Phi) is 3.92. The van der Waals surface area contributed by atoms with Gasteiger partial charge in [0, 0.05) is 16.8 Å². The van der Waals surface area contributed by atoms with Crippen LogP contribution in [0, 0.1) is 13.8 Å². The third kappa shape index (κ3) is 2.86. The van der Waals surface area contributed by atoms with Gasteiger partial charge < -0.3 is 8.98 Å². The summed E-state index contributed by atoms with van der Waals surface area (Å²) in [4.78, 5) is 4.77. The minimum absolute atomic E-state index is 0.698. The molecule has 2 aromatic carbocycles. The highest BCUT2D eigenvalue weighted by molar-refractivity contribution is 5.81. The van der Waals surface area contributed by atoms with Gasteiger partial charge in [0.15, 0.2) is 0 Å². The maximum atomic E-state index is 5.95. The summed E-state index contributed by atoms with van der Waals surface area (Å²) < 4.78 is 8.25. The molecule has 0 aliphatic carbocycles. The Balaban J connectivity index is 1.69. The first-order valence-corrected chi connectivity index (χ1v) is 8.76. The smallest absolute Gasteiger partial charge is 0.226 e. The Bertz CT molecular complexity index is 1020. The van der Waals surface area contributed by atoms with Crippen molar-refractivity contribution in [3.05, 3.63) is 77.3 Å². The monoisotopic (exact) mass is 330 g/mol. The van der Waals surface area contributed by atoms with E-state index in [0.29, 0.717) is 5.89 Å². The third-order valence-electron chi connectivity index (χ3n) is 4.83. The second-order valence-electron chi connectivity index (χ2n) is 6.50. The number of oxazole rings is 1. The van der Waals surface area contributed by atoms with E-state index >= 15 is 0 Å². The highest BCUT2D eigenvalue weighted by Crippen LogP contribution is 2.25. The molecule has 0 saturated heterocycles. The molecule has 126 valence electrons. The number of hydrogen-bond acceptors (Lipinski definition) is 2. The van der Waals surface area contributed by atoms with E-state index in [0.717, 1.165) is 30.0 Å². The number of benzene rings is 2. The molecule has 0 fully saturated rings. The molecule has 0 spiro atoms. The lowest BCUT2D eigenvalue weighted by Crippen LogP contribution is -2.03. The van der Waals surface area contributed by atoms with Crippen LogP contribution in [0.25, 0.3) is 22.4 Å². The molecule has 0 amide bonds. The van der Waals surface area contributed by atoms with E-state index in [9.17, 15) is 0 Å². The molecule has 4 aromatic rings. The molecule has 0 radical (unpaired) electrons. The molecule has 0 aliphatic heterocycles. The number of rotatable bonds is 4. The second-order valence-corrected chi connectivity index (χ2v) is 6.50. The Hall–Kier alpha value is -2.81. The standard InChI is InChI=1S/C22H22N2O/c1-4-17-9-11-18(12-10-17)22-23-20(16(3)25-22)14-24-15(2)13-19-7-5-6-8-21(19)24/h5-13H,4,14H2,1-3H3. The van der Waals surface area contributed by atoms with Gasteiger partial charge in [-0.05, 0) is 55.5 Å². The number of aryl methyl sites for hydroxylation is 3. The summed E-state index contributed by atoms with van der Waals surface area (Å²) in [6, 6.07) is 19.1. The first-order chi connectivity index (χ1) is 12.2. The molecule has 3 heteroatoms. The zero-order valence-corrected chi connectivity index (χ0v) is 14.9. The summed E-state index contributed by atoms with van der Waals surface area (Å²) in [5.74, 6) is 1.58. The van der Waals surface area contributed by atoms with Gasteiger partial charge in [-0.3, -0.25) is 0 Å². The average molecular weight is 330 g/mol. The van der Waals surface area contributed by atoms with Gasteiger partial charge in [0.2, 0.25) is 5.89 Å². The van der Waals surface area contributed by atoms with E-state index in [1.165, 1.54) is 22.2 Å². The van der Waals surface area contributed by atoms with Crippen LogP contribution in [0.15, 0.2) is 59.0 Å². The number of aromatic nitrogens is 2. The number of fused-ring (bicyclic) bond motifs is 1. The number of para-hydroxylation sites is 1. The van der Waals surface area contributed by atoms with Gasteiger partial charge in [0.25, 0.3) is 0 Å². The lowest BCUT2D eigenvalue weighted by atomic mass is 10.1. The topological polar surface area (TPSA) is 31.0 Å². The van der Waals surface area contributed by atoms with Crippen molar-refractivity contribution in [2.24, 2.45) is 0 Å². The quantitative estimate of drug-likeness (QED) is 0.493. The van der Waals surface area contributed by atoms with Gasteiger partial charge in [-0.1, -0.05) is 37.3 Å².